The number of carbonyl (C=O) groups excluding carboxylic acids is 1. The Morgan fingerprint density at radius 2 is 2.00 bits per heavy atom. The van der Waals surface area contributed by atoms with E-state index < -0.39 is 23.6 Å². The van der Waals surface area contributed by atoms with Crippen LogP contribution in [0.25, 0.3) is 0 Å². The fourth-order valence-corrected chi connectivity index (χ4v) is 3.69. The van der Waals surface area contributed by atoms with E-state index in [9.17, 15) is 14.4 Å². The van der Waals surface area contributed by atoms with Gasteiger partial charge in [0.1, 0.15) is 11.6 Å². The van der Waals surface area contributed by atoms with Crippen molar-refractivity contribution in [3.05, 3.63) is 70.1 Å². The van der Waals surface area contributed by atoms with E-state index in [0.29, 0.717) is 22.8 Å². The lowest BCUT2D eigenvalue weighted by Gasteiger charge is -2.30. The molecule has 1 aliphatic rings. The van der Waals surface area contributed by atoms with Crippen LogP contribution in [0.5, 0.6) is 5.75 Å². The molecule has 0 spiro atoms. The van der Waals surface area contributed by atoms with Crippen molar-refractivity contribution < 1.29 is 13.9 Å². The van der Waals surface area contributed by atoms with Crippen molar-refractivity contribution in [2.45, 2.75) is 19.8 Å². The van der Waals surface area contributed by atoms with Gasteiger partial charge >= 0.3 is 0 Å². The number of methoxy groups -OCH3 is 1. The van der Waals surface area contributed by atoms with Crippen LogP contribution in [0, 0.1) is 23.1 Å². The highest BCUT2D eigenvalue weighted by molar-refractivity contribution is 6.30. The van der Waals surface area contributed by atoms with Crippen LogP contribution in [0.2, 0.25) is 5.02 Å². The molecule has 7 heteroatoms. The standard InChI is InChI=1S/C22H19ClFN3O2/c1-12-16(11-25)21(15-9-8-14(23)10-17(15)24)20(13(2)26-12)22(28)27-18-6-4-5-7-19(18)29-3/h4-10,16,21H,1-3H3,(H,27,28). The smallest absolute Gasteiger partial charge is 0.254 e. The third kappa shape index (κ3) is 4.01. The Hall–Kier alpha value is -3.17. The Kier molecular flexibility index (Phi) is 6.00. The van der Waals surface area contributed by atoms with Crippen molar-refractivity contribution in [1.29, 1.82) is 5.26 Å². The van der Waals surface area contributed by atoms with Crippen molar-refractivity contribution in [3.63, 3.8) is 0 Å². The number of nitriles is 1. The molecule has 0 radical (unpaired) electrons. The molecule has 2 aromatic rings. The summed E-state index contributed by atoms with van der Waals surface area (Å²) >= 11 is 5.89. The summed E-state index contributed by atoms with van der Waals surface area (Å²) in [6.07, 6.45) is 0. The highest BCUT2D eigenvalue weighted by atomic mass is 35.5. The largest absolute Gasteiger partial charge is 0.495 e. The number of allylic oxidation sites excluding steroid dienone is 1. The van der Waals surface area contributed by atoms with Crippen LogP contribution >= 0.6 is 11.6 Å². The van der Waals surface area contributed by atoms with Crippen molar-refractivity contribution in [2.24, 2.45) is 10.9 Å². The Balaban J connectivity index is 2.10. The average molecular weight is 412 g/mol. The van der Waals surface area contributed by atoms with E-state index >= 15 is 0 Å². The molecular formula is C22H19ClFN3O2. The number of amides is 1. The minimum Gasteiger partial charge on any atom is -0.495 e. The second kappa shape index (κ2) is 8.46. The number of nitrogens with zero attached hydrogens (tertiary/aromatic N) is 2. The van der Waals surface area contributed by atoms with Gasteiger partial charge in [-0.1, -0.05) is 29.8 Å². The number of hydrogen-bond acceptors (Lipinski definition) is 4. The zero-order chi connectivity index (χ0) is 21.1. The lowest BCUT2D eigenvalue weighted by molar-refractivity contribution is -0.113. The lowest BCUT2D eigenvalue weighted by atomic mass is 9.76. The van der Waals surface area contributed by atoms with Crippen LogP contribution < -0.4 is 10.1 Å². The number of anilines is 1. The molecule has 0 saturated heterocycles. The van der Waals surface area contributed by atoms with Crippen LogP contribution in [0.15, 0.2) is 58.7 Å². The molecule has 29 heavy (non-hydrogen) atoms. The second-order valence-electron chi connectivity index (χ2n) is 6.66. The molecule has 1 N–H and O–H groups in total. The van der Waals surface area contributed by atoms with Gasteiger partial charge in [0.25, 0.3) is 5.91 Å². The number of nitrogens with one attached hydrogen (secondary N) is 1. The Morgan fingerprint density at radius 3 is 2.66 bits per heavy atom. The van der Waals surface area contributed by atoms with E-state index in [-0.39, 0.29) is 16.2 Å². The number of benzene rings is 2. The Bertz CT molecular complexity index is 1070. The molecule has 0 aromatic heterocycles. The molecule has 2 unspecified atom stereocenters. The molecule has 0 aliphatic carbocycles. The molecule has 0 fully saturated rings. The predicted molar refractivity (Wildman–Crippen MR) is 111 cm³/mol. The molecule has 2 atom stereocenters. The van der Waals surface area contributed by atoms with Gasteiger partial charge in [-0.25, -0.2) is 4.39 Å². The fraction of sp³-hybridized carbons (Fsp3) is 0.227. The van der Waals surface area contributed by atoms with E-state index in [1.165, 1.54) is 19.2 Å². The molecular weight excluding hydrogens is 393 g/mol. The molecule has 2 aromatic carbocycles. The first-order valence-electron chi connectivity index (χ1n) is 8.92. The van der Waals surface area contributed by atoms with Crippen LogP contribution in [0.4, 0.5) is 10.1 Å². The van der Waals surface area contributed by atoms with E-state index in [4.69, 9.17) is 16.3 Å². The normalized spacial score (nSPS) is 18.7. The summed E-state index contributed by atoms with van der Waals surface area (Å²) in [7, 11) is 1.50. The van der Waals surface area contributed by atoms with Gasteiger partial charge in [0.05, 0.1) is 24.8 Å². The van der Waals surface area contributed by atoms with Gasteiger partial charge in [-0.3, -0.25) is 9.79 Å². The summed E-state index contributed by atoms with van der Waals surface area (Å²) in [5.74, 6) is -2.16. The van der Waals surface area contributed by atoms with Crippen molar-refractivity contribution >= 4 is 28.9 Å². The number of aliphatic imine (C=N–C) groups is 1. The second-order valence-corrected chi connectivity index (χ2v) is 7.09. The molecule has 1 heterocycles. The third-order valence-electron chi connectivity index (χ3n) is 4.86. The molecule has 1 aliphatic heterocycles. The maximum Gasteiger partial charge on any atom is 0.254 e. The monoisotopic (exact) mass is 411 g/mol. The van der Waals surface area contributed by atoms with Crippen LogP contribution in [-0.2, 0) is 4.79 Å². The first-order valence-corrected chi connectivity index (χ1v) is 9.30. The number of ether oxygens (including phenoxy) is 1. The Morgan fingerprint density at radius 1 is 1.28 bits per heavy atom. The van der Waals surface area contributed by atoms with Crippen molar-refractivity contribution in [2.75, 3.05) is 12.4 Å². The van der Waals surface area contributed by atoms with E-state index in [0.717, 1.165) is 0 Å². The third-order valence-corrected chi connectivity index (χ3v) is 5.10. The minimum absolute atomic E-state index is 0.222. The van der Waals surface area contributed by atoms with Gasteiger partial charge in [0, 0.05) is 27.9 Å². The summed E-state index contributed by atoms with van der Waals surface area (Å²) in [6.45, 7) is 3.38. The topological polar surface area (TPSA) is 74.5 Å². The molecule has 0 bridgehead atoms. The first kappa shape index (κ1) is 20.6. The summed E-state index contributed by atoms with van der Waals surface area (Å²) in [5, 5.41) is 12.8. The fourth-order valence-electron chi connectivity index (χ4n) is 3.53. The number of hydrogen-bond donors (Lipinski definition) is 1. The van der Waals surface area contributed by atoms with Crippen LogP contribution in [-0.4, -0.2) is 18.7 Å². The highest BCUT2D eigenvalue weighted by Crippen LogP contribution is 2.41. The van der Waals surface area contributed by atoms with Crippen LogP contribution in [0.3, 0.4) is 0 Å². The quantitative estimate of drug-likeness (QED) is 0.760. The van der Waals surface area contributed by atoms with Gasteiger partial charge < -0.3 is 10.1 Å². The zero-order valence-electron chi connectivity index (χ0n) is 16.2. The molecule has 5 nitrogen and oxygen atoms in total. The summed E-state index contributed by atoms with van der Waals surface area (Å²) in [6, 6.07) is 13.4. The number of halogens is 2. The van der Waals surface area contributed by atoms with Crippen molar-refractivity contribution in [1.82, 2.24) is 0 Å². The molecule has 148 valence electrons. The maximum atomic E-state index is 14.8. The lowest BCUT2D eigenvalue weighted by Crippen LogP contribution is -2.31. The summed E-state index contributed by atoms with van der Waals surface area (Å²) < 4.78 is 20.1. The molecule has 1 amide bonds. The zero-order valence-corrected chi connectivity index (χ0v) is 16.9. The highest BCUT2D eigenvalue weighted by Gasteiger charge is 2.38. The Labute approximate surface area is 173 Å². The predicted octanol–water partition coefficient (Wildman–Crippen LogP) is 5.10. The number of rotatable bonds is 4. The SMILES string of the molecule is COc1ccccc1NC(=O)C1=C(C)N=C(C)C(C#N)C1c1ccc(Cl)cc1F. The summed E-state index contributed by atoms with van der Waals surface area (Å²) in [4.78, 5) is 17.6. The number of para-hydroxylation sites is 2. The number of carbonyl (C=O) groups is 1. The average Bonchev–Trinajstić information content (AvgIpc) is 2.68. The molecule has 3 rings (SSSR count). The van der Waals surface area contributed by atoms with Crippen molar-refractivity contribution in [3.8, 4) is 11.8 Å². The van der Waals surface area contributed by atoms with Gasteiger partial charge in [-0.2, -0.15) is 5.26 Å². The first-order chi connectivity index (χ1) is 13.9. The molecule has 0 saturated carbocycles. The minimum atomic E-state index is -0.815. The van der Waals surface area contributed by atoms with Gasteiger partial charge in [0.2, 0.25) is 0 Å². The van der Waals surface area contributed by atoms with Crippen LogP contribution in [0.1, 0.15) is 25.3 Å². The van der Waals surface area contributed by atoms with E-state index in [2.05, 4.69) is 16.4 Å². The van der Waals surface area contributed by atoms with Gasteiger partial charge in [-0.05, 0) is 43.7 Å². The summed E-state index contributed by atoms with van der Waals surface area (Å²) in [5.41, 5.74) is 1.88. The van der Waals surface area contributed by atoms with Gasteiger partial charge in [0.15, 0.2) is 0 Å². The van der Waals surface area contributed by atoms with E-state index in [1.807, 2.05) is 0 Å². The van der Waals surface area contributed by atoms with E-state index in [1.54, 1.807) is 44.2 Å². The maximum absolute atomic E-state index is 14.8. The van der Waals surface area contributed by atoms with Gasteiger partial charge in [-0.15, -0.1) is 0 Å².